The number of para-hydroxylation sites is 1. The molecule has 4 aromatic rings. The van der Waals surface area contributed by atoms with Gasteiger partial charge in [0.25, 0.3) is 11.3 Å². The Morgan fingerprint density at radius 3 is 2.69 bits per heavy atom. The van der Waals surface area contributed by atoms with E-state index >= 15 is 0 Å². The van der Waals surface area contributed by atoms with Crippen LogP contribution in [-0.4, -0.2) is 25.4 Å². The van der Waals surface area contributed by atoms with E-state index in [1.807, 2.05) is 36.4 Å². The molecule has 4 rings (SSSR count). The van der Waals surface area contributed by atoms with E-state index < -0.39 is 23.0 Å². The van der Waals surface area contributed by atoms with Crippen LogP contribution in [0.3, 0.4) is 0 Å². The Hall–Kier alpha value is -3.05. The summed E-state index contributed by atoms with van der Waals surface area (Å²) in [5, 5.41) is 4.31. The zero-order chi connectivity index (χ0) is 25.9. The summed E-state index contributed by atoms with van der Waals surface area (Å²) in [4.78, 5) is 16.5. The first-order chi connectivity index (χ1) is 17.1. The molecule has 2 N–H and O–H groups in total. The number of rotatable bonds is 7. The zero-order valence-corrected chi connectivity index (χ0v) is 22.1. The van der Waals surface area contributed by atoms with Crippen molar-refractivity contribution in [3.05, 3.63) is 77.4 Å². The Kier molecular flexibility index (Phi) is 7.89. The number of benzene rings is 2. The van der Waals surface area contributed by atoms with Crippen LogP contribution in [0.2, 0.25) is 5.02 Å². The highest BCUT2D eigenvalue weighted by atomic mass is 35.5. The highest BCUT2D eigenvalue weighted by Crippen LogP contribution is 2.39. The SMILES string of the molecule is CC(C)(C)OC(=O)Nc1cccc(CSc2ncc(Cl)cc2N(c2cc3ccccc3o2)S(=O)O)c1. The van der Waals surface area contributed by atoms with Crippen LogP contribution in [0, 0.1) is 0 Å². The van der Waals surface area contributed by atoms with Crippen molar-refractivity contribution >= 4 is 69.0 Å². The summed E-state index contributed by atoms with van der Waals surface area (Å²) >= 11 is 5.10. The number of furan rings is 1. The molecule has 0 spiro atoms. The monoisotopic (exact) mass is 545 g/mol. The van der Waals surface area contributed by atoms with Gasteiger partial charge < -0.3 is 9.15 Å². The van der Waals surface area contributed by atoms with Gasteiger partial charge in [0.2, 0.25) is 5.88 Å². The van der Waals surface area contributed by atoms with Crippen molar-refractivity contribution in [2.75, 3.05) is 9.62 Å². The lowest BCUT2D eigenvalue weighted by Crippen LogP contribution is -2.27. The molecule has 0 fully saturated rings. The lowest BCUT2D eigenvalue weighted by Gasteiger charge is -2.20. The van der Waals surface area contributed by atoms with Crippen LogP contribution >= 0.6 is 23.4 Å². The quantitative estimate of drug-likeness (QED) is 0.184. The number of thioether (sulfide) groups is 1. The summed E-state index contributed by atoms with van der Waals surface area (Å²) in [5.41, 5.74) is 1.80. The highest BCUT2D eigenvalue weighted by Gasteiger charge is 2.24. The Morgan fingerprint density at radius 2 is 1.97 bits per heavy atom. The minimum Gasteiger partial charge on any atom is -0.444 e. The number of halogens is 1. The van der Waals surface area contributed by atoms with Gasteiger partial charge >= 0.3 is 6.09 Å². The fourth-order valence-electron chi connectivity index (χ4n) is 3.33. The topological polar surface area (TPSA) is 105 Å². The molecule has 0 aliphatic rings. The van der Waals surface area contributed by atoms with Gasteiger partial charge in [0.15, 0.2) is 0 Å². The predicted molar refractivity (Wildman–Crippen MR) is 144 cm³/mol. The average molecular weight is 546 g/mol. The molecule has 36 heavy (non-hydrogen) atoms. The maximum Gasteiger partial charge on any atom is 0.412 e. The number of ether oxygens (including phenoxy) is 1. The first kappa shape index (κ1) is 26.0. The highest BCUT2D eigenvalue weighted by molar-refractivity contribution is 7.98. The summed E-state index contributed by atoms with van der Waals surface area (Å²) in [5.74, 6) is 0.656. The molecule has 0 bridgehead atoms. The van der Waals surface area contributed by atoms with Crippen LogP contribution in [0.25, 0.3) is 11.0 Å². The molecule has 188 valence electrons. The smallest absolute Gasteiger partial charge is 0.412 e. The molecular formula is C25H24ClN3O5S2. The summed E-state index contributed by atoms with van der Waals surface area (Å²) in [6.07, 6.45) is 0.936. The van der Waals surface area contributed by atoms with Gasteiger partial charge in [-0.05, 0) is 50.6 Å². The van der Waals surface area contributed by atoms with Gasteiger partial charge in [0.05, 0.1) is 10.7 Å². The third-order valence-electron chi connectivity index (χ3n) is 4.73. The summed E-state index contributed by atoms with van der Waals surface area (Å²) in [7, 11) is 0. The maximum absolute atomic E-state index is 12.4. The molecule has 2 heterocycles. The molecule has 0 aliphatic heterocycles. The Balaban J connectivity index is 1.57. The number of nitrogens with one attached hydrogen (secondary N) is 1. The predicted octanol–water partition coefficient (Wildman–Crippen LogP) is 7.40. The summed E-state index contributed by atoms with van der Waals surface area (Å²) in [6, 6.07) is 17.9. The second-order valence-electron chi connectivity index (χ2n) is 8.74. The molecule has 0 saturated heterocycles. The normalized spacial score (nSPS) is 12.4. The van der Waals surface area contributed by atoms with Gasteiger partial charge in [0.1, 0.15) is 16.2 Å². The van der Waals surface area contributed by atoms with Crippen molar-refractivity contribution < 1.29 is 22.7 Å². The Labute approximate surface area is 220 Å². The average Bonchev–Trinajstić information content (AvgIpc) is 3.21. The van der Waals surface area contributed by atoms with Crippen molar-refractivity contribution in [3.63, 3.8) is 0 Å². The molecule has 1 atom stereocenters. The zero-order valence-electron chi connectivity index (χ0n) is 19.7. The number of fused-ring (bicyclic) bond motifs is 1. The number of amides is 1. The molecule has 0 saturated carbocycles. The second kappa shape index (κ2) is 10.9. The van der Waals surface area contributed by atoms with Gasteiger partial charge in [0, 0.05) is 29.1 Å². The van der Waals surface area contributed by atoms with Crippen LogP contribution in [0.15, 0.2) is 76.3 Å². The number of hydrogen-bond acceptors (Lipinski definition) is 6. The van der Waals surface area contributed by atoms with Crippen LogP contribution in [0.5, 0.6) is 0 Å². The molecule has 11 heteroatoms. The first-order valence-corrected chi connectivity index (χ1v) is 13.3. The summed E-state index contributed by atoms with van der Waals surface area (Å²) < 4.78 is 34.8. The number of carbonyl (C=O) groups excluding carboxylic acids is 1. The van der Waals surface area contributed by atoms with Crippen LogP contribution in [0.1, 0.15) is 26.3 Å². The minimum absolute atomic E-state index is 0.187. The number of nitrogens with zero attached hydrogens (tertiary/aromatic N) is 2. The van der Waals surface area contributed by atoms with Gasteiger partial charge in [-0.25, -0.2) is 18.3 Å². The van der Waals surface area contributed by atoms with E-state index in [4.69, 9.17) is 20.8 Å². The van der Waals surface area contributed by atoms with E-state index in [1.165, 1.54) is 18.0 Å². The number of anilines is 3. The van der Waals surface area contributed by atoms with Crippen LogP contribution in [0.4, 0.5) is 22.1 Å². The lowest BCUT2D eigenvalue weighted by molar-refractivity contribution is 0.0636. The minimum atomic E-state index is -2.45. The number of aromatic nitrogens is 1. The van der Waals surface area contributed by atoms with Gasteiger partial charge in [-0.3, -0.25) is 9.87 Å². The van der Waals surface area contributed by atoms with Crippen molar-refractivity contribution in [1.82, 2.24) is 4.98 Å². The number of pyridine rings is 1. The molecule has 0 aliphatic carbocycles. The van der Waals surface area contributed by atoms with Crippen LogP contribution < -0.4 is 9.62 Å². The Morgan fingerprint density at radius 1 is 1.19 bits per heavy atom. The van der Waals surface area contributed by atoms with Gasteiger partial charge in [-0.2, -0.15) is 0 Å². The Bertz CT molecular complexity index is 1390. The van der Waals surface area contributed by atoms with Crippen molar-refractivity contribution in [1.29, 1.82) is 0 Å². The summed E-state index contributed by atoms with van der Waals surface area (Å²) in [6.45, 7) is 5.39. The first-order valence-electron chi connectivity index (χ1n) is 10.9. The fourth-order valence-corrected chi connectivity index (χ4v) is 5.00. The van der Waals surface area contributed by atoms with Crippen molar-refractivity contribution in [2.24, 2.45) is 0 Å². The third kappa shape index (κ3) is 6.58. The van der Waals surface area contributed by atoms with E-state index in [1.54, 1.807) is 45.0 Å². The van der Waals surface area contributed by atoms with Crippen LogP contribution in [-0.2, 0) is 21.8 Å². The number of hydrogen-bond donors (Lipinski definition) is 2. The largest absolute Gasteiger partial charge is 0.444 e. The number of carbonyl (C=O) groups is 1. The van der Waals surface area contributed by atoms with E-state index in [-0.39, 0.29) is 5.88 Å². The molecule has 2 aromatic heterocycles. The third-order valence-corrected chi connectivity index (χ3v) is 6.70. The second-order valence-corrected chi connectivity index (χ2v) is 11.0. The molecule has 2 aromatic carbocycles. The van der Waals surface area contributed by atoms with Gasteiger partial charge in [-0.15, -0.1) is 0 Å². The molecule has 8 nitrogen and oxygen atoms in total. The van der Waals surface area contributed by atoms with Crippen molar-refractivity contribution in [2.45, 2.75) is 37.2 Å². The maximum atomic E-state index is 12.4. The van der Waals surface area contributed by atoms with Crippen molar-refractivity contribution in [3.8, 4) is 0 Å². The fraction of sp³-hybridized carbons (Fsp3) is 0.200. The van der Waals surface area contributed by atoms with E-state index in [0.29, 0.717) is 32.8 Å². The van der Waals surface area contributed by atoms with Gasteiger partial charge in [-0.1, -0.05) is 53.7 Å². The molecule has 1 amide bonds. The molecular weight excluding hydrogens is 522 g/mol. The standard InChI is InChI=1S/C25H24ClN3O5S2/c1-25(2,3)34-24(30)28-19-9-6-7-16(11-19)15-35-23-20(13-18(26)14-27-23)29(36(31)32)22-12-17-8-4-5-10-21(17)33-22/h4-14H,15H2,1-3H3,(H,28,30)(H,31,32). The van der Waals surface area contributed by atoms with E-state index in [2.05, 4.69) is 10.3 Å². The lowest BCUT2D eigenvalue weighted by atomic mass is 10.2. The van der Waals surface area contributed by atoms with E-state index in [9.17, 15) is 13.6 Å². The van der Waals surface area contributed by atoms with E-state index in [0.717, 1.165) is 15.3 Å². The molecule has 1 unspecified atom stereocenters. The molecule has 0 radical (unpaired) electrons.